The molecule has 140 valence electrons. The van der Waals surface area contributed by atoms with E-state index in [4.69, 9.17) is 0 Å². The van der Waals surface area contributed by atoms with Crippen LogP contribution in [0, 0.1) is 11.8 Å². The summed E-state index contributed by atoms with van der Waals surface area (Å²) in [7, 11) is 1.94. The molecule has 0 amide bonds. The first-order valence-corrected chi connectivity index (χ1v) is 9.80. The van der Waals surface area contributed by atoms with E-state index in [0.29, 0.717) is 5.92 Å². The third-order valence-electron chi connectivity index (χ3n) is 5.08. The Morgan fingerprint density at radius 1 is 0.897 bits per heavy atom. The van der Waals surface area contributed by atoms with Gasteiger partial charge in [0, 0.05) is 53.9 Å². The molecule has 1 aliphatic rings. The minimum absolute atomic E-state index is 0.643. The van der Waals surface area contributed by atoms with Gasteiger partial charge in [-0.05, 0) is 60.7 Å². The molecule has 1 aliphatic carbocycles. The number of pyridine rings is 2. The zero-order chi connectivity index (χ0) is 19.6. The van der Waals surface area contributed by atoms with Crippen molar-refractivity contribution in [1.82, 2.24) is 19.7 Å². The van der Waals surface area contributed by atoms with Gasteiger partial charge in [0.15, 0.2) is 0 Å². The average molecular weight is 376 g/mol. The van der Waals surface area contributed by atoms with Crippen LogP contribution in [-0.4, -0.2) is 19.7 Å². The maximum Gasteiger partial charge on any atom is 0.113 e. The summed E-state index contributed by atoms with van der Waals surface area (Å²) in [5.74, 6) is 7.07. The fourth-order valence-corrected chi connectivity index (χ4v) is 3.42. The highest BCUT2D eigenvalue weighted by Crippen LogP contribution is 2.38. The number of aromatic nitrogens is 4. The van der Waals surface area contributed by atoms with E-state index in [1.165, 1.54) is 18.5 Å². The van der Waals surface area contributed by atoms with Crippen molar-refractivity contribution < 1.29 is 0 Å². The van der Waals surface area contributed by atoms with Gasteiger partial charge in [0.1, 0.15) is 11.4 Å². The second-order valence-corrected chi connectivity index (χ2v) is 7.35. The number of hydrogen-bond acceptors (Lipinski definition) is 3. The third kappa shape index (κ3) is 3.81. The molecule has 4 heteroatoms. The first-order chi connectivity index (χ1) is 14.3. The third-order valence-corrected chi connectivity index (χ3v) is 5.08. The number of hydrogen-bond donors (Lipinski definition) is 0. The van der Waals surface area contributed by atoms with Gasteiger partial charge < -0.3 is 0 Å². The van der Waals surface area contributed by atoms with E-state index in [1.807, 2.05) is 48.3 Å². The molecule has 0 unspecified atom stereocenters. The Morgan fingerprint density at radius 2 is 1.69 bits per heavy atom. The maximum atomic E-state index is 4.67. The molecule has 3 aromatic heterocycles. The van der Waals surface area contributed by atoms with Crippen molar-refractivity contribution in [3.63, 3.8) is 0 Å². The van der Waals surface area contributed by atoms with Crippen molar-refractivity contribution in [1.29, 1.82) is 0 Å². The molecule has 0 saturated heterocycles. The van der Waals surface area contributed by atoms with E-state index in [-0.39, 0.29) is 0 Å². The molecule has 5 rings (SSSR count). The Labute approximate surface area is 170 Å². The lowest BCUT2D eigenvalue weighted by Crippen LogP contribution is -1.89. The van der Waals surface area contributed by atoms with E-state index in [1.54, 1.807) is 12.4 Å². The number of rotatable bonds is 3. The molecule has 1 saturated carbocycles. The van der Waals surface area contributed by atoms with Gasteiger partial charge in [-0.1, -0.05) is 24.1 Å². The Bertz CT molecular complexity index is 1210. The average Bonchev–Trinajstić information content (AvgIpc) is 3.55. The van der Waals surface area contributed by atoms with E-state index >= 15 is 0 Å². The van der Waals surface area contributed by atoms with Gasteiger partial charge in [-0.3, -0.25) is 9.67 Å². The van der Waals surface area contributed by atoms with Gasteiger partial charge in [0.2, 0.25) is 0 Å². The summed E-state index contributed by atoms with van der Waals surface area (Å²) in [5.41, 5.74) is 7.19. The molecule has 0 aliphatic heterocycles. The SMILES string of the molecule is Cn1cc(-c2ccncc2)c(-c2ccc(C#Cc3cccc(C4CC4)n3)cc2)n1. The Balaban J connectivity index is 1.41. The minimum atomic E-state index is 0.643. The monoisotopic (exact) mass is 376 g/mol. The smallest absolute Gasteiger partial charge is 0.113 e. The first-order valence-electron chi connectivity index (χ1n) is 9.80. The number of benzene rings is 1. The molecular weight excluding hydrogens is 356 g/mol. The molecule has 0 spiro atoms. The molecule has 1 fully saturated rings. The molecule has 0 atom stereocenters. The predicted octanol–water partition coefficient (Wildman–Crippen LogP) is 4.82. The number of aryl methyl sites for hydroxylation is 1. The lowest BCUT2D eigenvalue weighted by Gasteiger charge is -2.03. The van der Waals surface area contributed by atoms with Gasteiger partial charge >= 0.3 is 0 Å². The van der Waals surface area contributed by atoms with Crippen LogP contribution < -0.4 is 0 Å². The van der Waals surface area contributed by atoms with Gasteiger partial charge in [-0.25, -0.2) is 4.98 Å². The topological polar surface area (TPSA) is 43.6 Å². The summed E-state index contributed by atoms with van der Waals surface area (Å²) >= 11 is 0. The fraction of sp³-hybridized carbons (Fsp3) is 0.160. The van der Waals surface area contributed by atoms with Crippen LogP contribution in [0.1, 0.15) is 35.7 Å². The van der Waals surface area contributed by atoms with Crippen molar-refractivity contribution in [3.05, 3.63) is 90.1 Å². The summed E-state index contributed by atoms with van der Waals surface area (Å²) in [6.07, 6.45) is 8.14. The number of nitrogens with zero attached hydrogens (tertiary/aromatic N) is 4. The minimum Gasteiger partial charge on any atom is -0.275 e. The normalized spacial score (nSPS) is 13.0. The van der Waals surface area contributed by atoms with Crippen molar-refractivity contribution in [2.45, 2.75) is 18.8 Å². The molecule has 29 heavy (non-hydrogen) atoms. The quantitative estimate of drug-likeness (QED) is 0.482. The van der Waals surface area contributed by atoms with Crippen LogP contribution in [0.25, 0.3) is 22.4 Å². The van der Waals surface area contributed by atoms with Crippen LogP contribution in [0.3, 0.4) is 0 Å². The second kappa shape index (κ2) is 7.37. The highest BCUT2D eigenvalue weighted by atomic mass is 15.2. The lowest BCUT2D eigenvalue weighted by molar-refractivity contribution is 0.771. The highest BCUT2D eigenvalue weighted by Gasteiger charge is 2.24. The van der Waals surface area contributed by atoms with Crippen LogP contribution in [0.4, 0.5) is 0 Å². The van der Waals surface area contributed by atoms with E-state index in [9.17, 15) is 0 Å². The molecule has 0 bridgehead atoms. The summed E-state index contributed by atoms with van der Waals surface area (Å²) in [4.78, 5) is 8.78. The lowest BCUT2D eigenvalue weighted by atomic mass is 10.0. The molecular formula is C25H20N4. The van der Waals surface area contributed by atoms with Gasteiger partial charge in [-0.15, -0.1) is 0 Å². The molecule has 4 aromatic rings. The van der Waals surface area contributed by atoms with Crippen LogP contribution >= 0.6 is 0 Å². The zero-order valence-corrected chi connectivity index (χ0v) is 16.2. The first kappa shape index (κ1) is 17.4. The standard InChI is InChI=1S/C25H20N4/c1-29-17-23(19-13-15-26-16-14-19)25(28-29)21-8-5-18(6-9-21)7-12-22-3-2-4-24(27-22)20-10-11-20/h2-6,8-9,13-17,20H,10-11H2,1H3. The molecule has 0 N–H and O–H groups in total. The van der Waals surface area contributed by atoms with Gasteiger partial charge in [0.25, 0.3) is 0 Å². The maximum absolute atomic E-state index is 4.67. The van der Waals surface area contributed by atoms with E-state index in [0.717, 1.165) is 33.6 Å². The Morgan fingerprint density at radius 3 is 2.45 bits per heavy atom. The summed E-state index contributed by atoms with van der Waals surface area (Å²) in [6.45, 7) is 0. The predicted molar refractivity (Wildman–Crippen MR) is 114 cm³/mol. The van der Waals surface area contributed by atoms with Crippen LogP contribution in [0.2, 0.25) is 0 Å². The largest absolute Gasteiger partial charge is 0.275 e. The van der Waals surface area contributed by atoms with Crippen LogP contribution in [0.5, 0.6) is 0 Å². The van der Waals surface area contributed by atoms with Crippen molar-refractivity contribution in [2.24, 2.45) is 7.05 Å². The summed E-state index contributed by atoms with van der Waals surface area (Å²) < 4.78 is 1.84. The summed E-state index contributed by atoms with van der Waals surface area (Å²) in [5, 5.41) is 4.66. The van der Waals surface area contributed by atoms with E-state index < -0.39 is 0 Å². The zero-order valence-electron chi connectivity index (χ0n) is 16.2. The molecule has 3 heterocycles. The van der Waals surface area contributed by atoms with Crippen molar-refractivity contribution in [3.8, 4) is 34.2 Å². The Kier molecular flexibility index (Phi) is 4.42. The van der Waals surface area contributed by atoms with Gasteiger partial charge in [0.05, 0.1) is 0 Å². The second-order valence-electron chi connectivity index (χ2n) is 7.35. The Hall–Kier alpha value is -3.71. The summed E-state index contributed by atoms with van der Waals surface area (Å²) in [6, 6.07) is 18.4. The van der Waals surface area contributed by atoms with Crippen LogP contribution in [0.15, 0.2) is 73.2 Å². The molecule has 1 aromatic carbocycles. The fourth-order valence-electron chi connectivity index (χ4n) is 3.42. The van der Waals surface area contributed by atoms with E-state index in [2.05, 4.69) is 51.2 Å². The molecule has 0 radical (unpaired) electrons. The molecule has 4 nitrogen and oxygen atoms in total. The highest BCUT2D eigenvalue weighted by molar-refractivity contribution is 5.80. The van der Waals surface area contributed by atoms with Crippen molar-refractivity contribution in [2.75, 3.05) is 0 Å². The van der Waals surface area contributed by atoms with Crippen LogP contribution in [-0.2, 0) is 7.05 Å². The van der Waals surface area contributed by atoms with Gasteiger partial charge in [-0.2, -0.15) is 5.10 Å². The van der Waals surface area contributed by atoms with Crippen molar-refractivity contribution >= 4 is 0 Å².